The third-order valence-corrected chi connectivity index (χ3v) is 5.11. The van der Waals surface area contributed by atoms with Crippen molar-refractivity contribution in [3.8, 4) is 11.6 Å². The Morgan fingerprint density at radius 2 is 1.92 bits per heavy atom. The summed E-state index contributed by atoms with van der Waals surface area (Å²) in [5, 5.41) is 6.18. The van der Waals surface area contributed by atoms with Gasteiger partial charge in [0.25, 0.3) is 0 Å². The first-order chi connectivity index (χ1) is 17.2. The first-order valence-electron chi connectivity index (χ1n) is 10.7. The maximum absolute atomic E-state index is 13.5. The maximum atomic E-state index is 13.5. The largest absolute Gasteiger partial charge is 0.439 e. The highest BCUT2D eigenvalue weighted by molar-refractivity contribution is 5.98. The molecule has 0 saturated carbocycles. The van der Waals surface area contributed by atoms with Gasteiger partial charge in [-0.3, -0.25) is 4.57 Å². The number of amides is 1. The summed E-state index contributed by atoms with van der Waals surface area (Å²) in [7, 11) is 1.62. The number of nitrogens with one attached hydrogen (secondary N) is 2. The Morgan fingerprint density at radius 3 is 2.69 bits per heavy atom. The molecule has 2 aromatic carbocycles. The molecule has 8 nitrogen and oxygen atoms in total. The zero-order chi connectivity index (χ0) is 25.7. The predicted molar refractivity (Wildman–Crippen MR) is 123 cm³/mol. The van der Waals surface area contributed by atoms with Crippen molar-refractivity contribution in [3.05, 3.63) is 78.1 Å². The van der Waals surface area contributed by atoms with Crippen LogP contribution in [-0.2, 0) is 17.5 Å². The summed E-state index contributed by atoms with van der Waals surface area (Å²) < 4.78 is 64.4. The van der Waals surface area contributed by atoms with E-state index in [4.69, 9.17) is 9.47 Å². The van der Waals surface area contributed by atoms with E-state index in [1.807, 2.05) is 0 Å². The summed E-state index contributed by atoms with van der Waals surface area (Å²) in [5.74, 6) is -0.620. The van der Waals surface area contributed by atoms with Gasteiger partial charge in [-0.2, -0.15) is 13.2 Å². The van der Waals surface area contributed by atoms with E-state index in [-0.39, 0.29) is 5.69 Å². The number of rotatable bonds is 8. The number of fused-ring (bicyclic) bond motifs is 1. The molecule has 0 aliphatic heterocycles. The van der Waals surface area contributed by atoms with Crippen LogP contribution in [0.1, 0.15) is 11.3 Å². The third kappa shape index (κ3) is 5.96. The number of hydrogen-bond acceptors (Lipinski definition) is 6. The van der Waals surface area contributed by atoms with E-state index in [1.54, 1.807) is 37.4 Å². The fourth-order valence-corrected chi connectivity index (χ4v) is 3.41. The van der Waals surface area contributed by atoms with Crippen molar-refractivity contribution >= 4 is 22.6 Å². The van der Waals surface area contributed by atoms with Crippen molar-refractivity contribution in [1.82, 2.24) is 19.9 Å². The number of carbonyl (C=O) groups excluding carboxylic acids is 1. The van der Waals surface area contributed by atoms with Crippen molar-refractivity contribution in [1.29, 1.82) is 0 Å². The summed E-state index contributed by atoms with van der Waals surface area (Å²) in [4.78, 5) is 21.0. The first kappa shape index (κ1) is 25.1. The van der Waals surface area contributed by atoms with Gasteiger partial charge < -0.3 is 20.1 Å². The lowest BCUT2D eigenvalue weighted by atomic mass is 10.2. The van der Waals surface area contributed by atoms with Crippen molar-refractivity contribution in [2.75, 3.05) is 25.6 Å². The van der Waals surface area contributed by atoms with Gasteiger partial charge in [-0.05, 0) is 42.5 Å². The molecule has 0 bridgehead atoms. The van der Waals surface area contributed by atoms with E-state index >= 15 is 0 Å². The Hall–Kier alpha value is -4.03. The molecule has 0 unspecified atom stereocenters. The van der Waals surface area contributed by atoms with Gasteiger partial charge in [0.15, 0.2) is 0 Å². The molecule has 0 fully saturated rings. The Bertz CT molecular complexity index is 1370. The van der Waals surface area contributed by atoms with Crippen LogP contribution in [0, 0.1) is 5.82 Å². The normalized spacial score (nSPS) is 11.6. The molecule has 36 heavy (non-hydrogen) atoms. The lowest BCUT2D eigenvalue weighted by Gasteiger charge is -2.12. The second kappa shape index (κ2) is 10.7. The second-order valence-corrected chi connectivity index (χ2v) is 7.65. The van der Waals surface area contributed by atoms with Crippen LogP contribution in [0.25, 0.3) is 10.9 Å². The SMILES string of the molecule is COCCNCc1cc(Oc2ccc3c(ccn3C(=O)Nc3ccc(F)c(C(F)(F)F)c3)c2)ncn1. The highest BCUT2D eigenvalue weighted by Crippen LogP contribution is 2.33. The van der Waals surface area contributed by atoms with Crippen LogP contribution in [0.3, 0.4) is 0 Å². The van der Waals surface area contributed by atoms with Gasteiger partial charge in [-0.25, -0.2) is 19.2 Å². The number of ether oxygens (including phenoxy) is 2. The maximum Gasteiger partial charge on any atom is 0.419 e. The van der Waals surface area contributed by atoms with Crippen LogP contribution < -0.4 is 15.4 Å². The zero-order valence-electron chi connectivity index (χ0n) is 19.0. The minimum absolute atomic E-state index is 0.188. The Labute approximate surface area is 202 Å². The minimum atomic E-state index is -4.88. The van der Waals surface area contributed by atoms with Gasteiger partial charge in [-0.1, -0.05) is 0 Å². The van der Waals surface area contributed by atoms with Gasteiger partial charge in [0.2, 0.25) is 5.88 Å². The number of benzene rings is 2. The molecule has 1 amide bonds. The molecule has 12 heteroatoms. The van der Waals surface area contributed by atoms with Crippen molar-refractivity contribution in [3.63, 3.8) is 0 Å². The highest BCUT2D eigenvalue weighted by atomic mass is 19.4. The van der Waals surface area contributed by atoms with E-state index < -0.39 is 23.6 Å². The van der Waals surface area contributed by atoms with Crippen LogP contribution in [0.15, 0.2) is 61.1 Å². The molecule has 0 saturated heterocycles. The molecule has 2 N–H and O–H groups in total. The number of anilines is 1. The van der Waals surface area contributed by atoms with Gasteiger partial charge in [0.05, 0.1) is 23.4 Å². The number of methoxy groups -OCH3 is 1. The van der Waals surface area contributed by atoms with E-state index in [1.165, 1.54) is 17.1 Å². The number of carbonyl (C=O) groups is 1. The number of aromatic nitrogens is 3. The fraction of sp³-hybridized carbons (Fsp3) is 0.208. The predicted octanol–water partition coefficient (Wildman–Crippen LogP) is 5.20. The molecular weight excluding hydrogens is 482 g/mol. The van der Waals surface area contributed by atoms with E-state index in [9.17, 15) is 22.4 Å². The highest BCUT2D eigenvalue weighted by Gasteiger charge is 2.34. The average Bonchev–Trinajstić information content (AvgIpc) is 3.26. The van der Waals surface area contributed by atoms with Gasteiger partial charge in [0, 0.05) is 43.5 Å². The lowest BCUT2D eigenvalue weighted by molar-refractivity contribution is -0.139. The molecule has 0 radical (unpaired) electrons. The summed E-state index contributed by atoms with van der Waals surface area (Å²) in [6, 6.07) is 9.85. The monoisotopic (exact) mass is 503 g/mol. The average molecular weight is 503 g/mol. The van der Waals surface area contributed by atoms with Gasteiger partial charge in [-0.15, -0.1) is 0 Å². The van der Waals surface area contributed by atoms with Crippen LogP contribution >= 0.6 is 0 Å². The summed E-state index contributed by atoms with van der Waals surface area (Å²) in [5.41, 5.74) is -0.428. The fourth-order valence-electron chi connectivity index (χ4n) is 3.41. The minimum Gasteiger partial charge on any atom is -0.439 e. The summed E-state index contributed by atoms with van der Waals surface area (Å²) in [6.07, 6.45) is -2.03. The Morgan fingerprint density at radius 1 is 1.08 bits per heavy atom. The summed E-state index contributed by atoms with van der Waals surface area (Å²) in [6.45, 7) is 1.75. The molecule has 188 valence electrons. The first-order valence-corrected chi connectivity index (χ1v) is 10.7. The number of alkyl halides is 3. The molecule has 4 aromatic rings. The quantitative estimate of drug-likeness (QED) is 0.254. The number of nitrogens with zero attached hydrogens (tertiary/aromatic N) is 3. The van der Waals surface area contributed by atoms with E-state index in [0.717, 1.165) is 11.8 Å². The topological polar surface area (TPSA) is 90.3 Å². The van der Waals surface area contributed by atoms with Crippen LogP contribution in [0.4, 0.5) is 28.0 Å². The van der Waals surface area contributed by atoms with E-state index in [0.29, 0.717) is 54.4 Å². The molecule has 2 heterocycles. The standard InChI is InChI=1S/C24H21F4N5O3/c1-35-9-7-29-13-17-12-22(31-14-30-17)36-18-3-5-21-15(10-18)6-8-33(21)23(34)32-16-2-4-20(25)19(11-16)24(26,27)28/h2-6,8,10-12,14,29H,7,9,13H2,1H3,(H,32,34). The number of hydrogen-bond donors (Lipinski definition) is 2. The van der Waals surface area contributed by atoms with Crippen molar-refractivity contribution < 1.29 is 31.8 Å². The molecule has 0 atom stereocenters. The van der Waals surface area contributed by atoms with Crippen molar-refractivity contribution in [2.45, 2.75) is 12.7 Å². The second-order valence-electron chi connectivity index (χ2n) is 7.65. The Balaban J connectivity index is 1.47. The Kier molecular flexibility index (Phi) is 7.46. The van der Waals surface area contributed by atoms with Crippen LogP contribution in [-0.4, -0.2) is 40.8 Å². The van der Waals surface area contributed by atoms with Crippen LogP contribution in [0.2, 0.25) is 0 Å². The van der Waals surface area contributed by atoms with E-state index in [2.05, 4.69) is 20.6 Å². The summed E-state index contributed by atoms with van der Waals surface area (Å²) >= 11 is 0. The number of halogens is 4. The molecule has 0 aliphatic carbocycles. The van der Waals surface area contributed by atoms with Gasteiger partial charge >= 0.3 is 12.2 Å². The van der Waals surface area contributed by atoms with Crippen LogP contribution in [0.5, 0.6) is 11.6 Å². The smallest absolute Gasteiger partial charge is 0.419 e. The molecular formula is C24H21F4N5O3. The van der Waals surface area contributed by atoms with Gasteiger partial charge in [0.1, 0.15) is 17.9 Å². The molecule has 0 aliphatic rings. The third-order valence-electron chi connectivity index (χ3n) is 5.11. The molecule has 0 spiro atoms. The van der Waals surface area contributed by atoms with Crippen molar-refractivity contribution in [2.24, 2.45) is 0 Å². The molecule has 2 aromatic heterocycles. The molecule has 4 rings (SSSR count). The zero-order valence-corrected chi connectivity index (χ0v) is 19.0. The lowest BCUT2D eigenvalue weighted by Crippen LogP contribution is -2.19.